The second kappa shape index (κ2) is 6.72. The molecule has 0 bridgehead atoms. The van der Waals surface area contributed by atoms with E-state index >= 15 is 0 Å². The van der Waals surface area contributed by atoms with Gasteiger partial charge in [-0.05, 0) is 42.3 Å². The Morgan fingerprint density at radius 1 is 1.12 bits per heavy atom. The number of benzene rings is 2. The number of rotatable bonds is 5. The maximum absolute atomic E-state index is 13.1. The lowest BCUT2D eigenvalue weighted by molar-refractivity contribution is -0.121. The fourth-order valence-electron chi connectivity index (χ4n) is 3.37. The molecule has 0 aliphatic carbocycles. The molecule has 1 fully saturated rings. The molecule has 132 valence electrons. The molecule has 1 unspecified atom stereocenters. The number of aromatic nitrogens is 1. The summed E-state index contributed by atoms with van der Waals surface area (Å²) in [4.78, 5) is 29.1. The smallest absolute Gasteiger partial charge is 0.251 e. The highest BCUT2D eigenvalue weighted by Crippen LogP contribution is 2.23. The van der Waals surface area contributed by atoms with Crippen LogP contribution in [-0.2, 0) is 16.0 Å². The van der Waals surface area contributed by atoms with Crippen LogP contribution in [0, 0.1) is 5.82 Å². The van der Waals surface area contributed by atoms with Gasteiger partial charge in [-0.1, -0.05) is 18.2 Å². The van der Waals surface area contributed by atoms with E-state index in [-0.39, 0.29) is 18.2 Å². The number of imide groups is 1. The standard InChI is InChI=1S/C20H18FN3O2/c21-14-5-7-15(8-6-14)24-19(25)11-18(20(24)26)22-10-9-13-12-23-17-4-2-1-3-16(13)17/h1-8,12,18,22-23H,9-11H2. The van der Waals surface area contributed by atoms with E-state index in [4.69, 9.17) is 0 Å². The topological polar surface area (TPSA) is 65.2 Å². The minimum absolute atomic E-state index is 0.115. The van der Waals surface area contributed by atoms with Gasteiger partial charge in [0.2, 0.25) is 5.91 Å². The molecule has 1 saturated heterocycles. The van der Waals surface area contributed by atoms with E-state index in [0.29, 0.717) is 12.2 Å². The lowest BCUT2D eigenvalue weighted by Crippen LogP contribution is -2.39. The summed E-state index contributed by atoms with van der Waals surface area (Å²) in [6.07, 6.45) is 2.83. The molecule has 2 heterocycles. The summed E-state index contributed by atoms with van der Waals surface area (Å²) in [7, 11) is 0. The molecule has 0 radical (unpaired) electrons. The number of hydrogen-bond acceptors (Lipinski definition) is 3. The van der Waals surface area contributed by atoms with E-state index in [0.717, 1.165) is 22.2 Å². The van der Waals surface area contributed by atoms with Gasteiger partial charge >= 0.3 is 0 Å². The van der Waals surface area contributed by atoms with Crippen LogP contribution in [-0.4, -0.2) is 29.4 Å². The lowest BCUT2D eigenvalue weighted by Gasteiger charge is -2.15. The molecule has 1 atom stereocenters. The highest BCUT2D eigenvalue weighted by molar-refractivity contribution is 6.22. The normalized spacial score (nSPS) is 17.4. The summed E-state index contributed by atoms with van der Waals surface area (Å²) in [5.41, 5.74) is 2.65. The number of hydrogen-bond donors (Lipinski definition) is 2. The van der Waals surface area contributed by atoms with Gasteiger partial charge in [-0.25, -0.2) is 9.29 Å². The van der Waals surface area contributed by atoms with E-state index in [1.807, 2.05) is 24.4 Å². The molecule has 5 nitrogen and oxygen atoms in total. The van der Waals surface area contributed by atoms with Gasteiger partial charge in [0, 0.05) is 23.6 Å². The predicted molar refractivity (Wildman–Crippen MR) is 97.3 cm³/mol. The molecule has 1 aliphatic rings. The number of aromatic amines is 1. The highest BCUT2D eigenvalue weighted by Gasteiger charge is 2.39. The van der Waals surface area contributed by atoms with Gasteiger partial charge < -0.3 is 10.3 Å². The average Bonchev–Trinajstić information content (AvgIpc) is 3.17. The van der Waals surface area contributed by atoms with Gasteiger partial charge in [-0.2, -0.15) is 0 Å². The van der Waals surface area contributed by atoms with E-state index in [1.54, 1.807) is 0 Å². The third-order valence-electron chi connectivity index (χ3n) is 4.69. The van der Waals surface area contributed by atoms with Crippen molar-refractivity contribution in [2.24, 2.45) is 0 Å². The first-order chi connectivity index (χ1) is 12.6. The number of halogens is 1. The van der Waals surface area contributed by atoms with Crippen LogP contribution in [0.15, 0.2) is 54.7 Å². The van der Waals surface area contributed by atoms with Crippen LogP contribution in [0.4, 0.5) is 10.1 Å². The second-order valence-electron chi connectivity index (χ2n) is 6.36. The quantitative estimate of drug-likeness (QED) is 0.695. The Morgan fingerprint density at radius 3 is 2.69 bits per heavy atom. The fraction of sp³-hybridized carbons (Fsp3) is 0.200. The molecule has 4 rings (SSSR count). The molecule has 1 aliphatic heterocycles. The molecule has 26 heavy (non-hydrogen) atoms. The largest absolute Gasteiger partial charge is 0.361 e. The van der Waals surface area contributed by atoms with Gasteiger partial charge in [0.25, 0.3) is 5.91 Å². The van der Waals surface area contributed by atoms with Crippen LogP contribution in [0.1, 0.15) is 12.0 Å². The van der Waals surface area contributed by atoms with E-state index in [9.17, 15) is 14.0 Å². The third-order valence-corrected chi connectivity index (χ3v) is 4.69. The van der Waals surface area contributed by atoms with Crippen molar-refractivity contribution in [1.29, 1.82) is 0 Å². The highest BCUT2D eigenvalue weighted by atomic mass is 19.1. The fourth-order valence-corrected chi connectivity index (χ4v) is 3.37. The number of para-hydroxylation sites is 1. The summed E-state index contributed by atoms with van der Waals surface area (Å²) < 4.78 is 13.1. The second-order valence-corrected chi connectivity index (χ2v) is 6.36. The maximum Gasteiger partial charge on any atom is 0.251 e. The lowest BCUT2D eigenvalue weighted by atomic mass is 10.1. The number of nitrogens with zero attached hydrogens (tertiary/aromatic N) is 1. The van der Waals surface area contributed by atoms with Crippen LogP contribution in [0.5, 0.6) is 0 Å². The number of carbonyl (C=O) groups is 2. The predicted octanol–water partition coefficient (Wildman–Crippen LogP) is 2.77. The van der Waals surface area contributed by atoms with Crippen LogP contribution < -0.4 is 10.2 Å². The van der Waals surface area contributed by atoms with Crippen molar-refractivity contribution in [3.05, 3.63) is 66.1 Å². The first-order valence-corrected chi connectivity index (χ1v) is 8.54. The molecular formula is C20H18FN3O2. The molecule has 2 amide bonds. The molecule has 3 aromatic rings. The van der Waals surface area contributed by atoms with Crippen molar-refractivity contribution in [2.45, 2.75) is 18.9 Å². The molecule has 0 saturated carbocycles. The number of carbonyl (C=O) groups excluding carboxylic acids is 2. The van der Waals surface area contributed by atoms with Crippen LogP contribution >= 0.6 is 0 Å². The molecular weight excluding hydrogens is 333 g/mol. The Balaban J connectivity index is 1.40. The number of anilines is 1. The van der Waals surface area contributed by atoms with Gasteiger partial charge in [0.05, 0.1) is 18.2 Å². The molecule has 1 aromatic heterocycles. The Labute approximate surface area is 149 Å². The van der Waals surface area contributed by atoms with Crippen molar-refractivity contribution in [2.75, 3.05) is 11.4 Å². The van der Waals surface area contributed by atoms with Crippen LogP contribution in [0.25, 0.3) is 10.9 Å². The monoisotopic (exact) mass is 351 g/mol. The summed E-state index contributed by atoms with van der Waals surface area (Å²) in [6.45, 7) is 0.586. The Hall–Kier alpha value is -2.99. The molecule has 2 N–H and O–H groups in total. The summed E-state index contributed by atoms with van der Waals surface area (Å²) in [6, 6.07) is 12.9. The van der Waals surface area contributed by atoms with Crippen LogP contribution in [0.3, 0.4) is 0 Å². The summed E-state index contributed by atoms with van der Waals surface area (Å²) >= 11 is 0. The van der Waals surface area contributed by atoms with Crippen molar-refractivity contribution < 1.29 is 14.0 Å². The minimum atomic E-state index is -0.544. The Bertz CT molecular complexity index is 965. The van der Waals surface area contributed by atoms with Gasteiger partial charge in [0.15, 0.2) is 0 Å². The molecule has 6 heteroatoms. The SMILES string of the molecule is O=C1CC(NCCc2c[nH]c3ccccc23)C(=O)N1c1ccc(F)cc1. The average molecular weight is 351 g/mol. The number of fused-ring (bicyclic) bond motifs is 1. The van der Waals surface area contributed by atoms with E-state index in [2.05, 4.69) is 16.4 Å². The maximum atomic E-state index is 13.1. The Kier molecular flexibility index (Phi) is 4.26. The van der Waals surface area contributed by atoms with Gasteiger partial charge in [-0.3, -0.25) is 9.59 Å². The van der Waals surface area contributed by atoms with Gasteiger partial charge in [-0.15, -0.1) is 0 Å². The first-order valence-electron chi connectivity index (χ1n) is 8.54. The minimum Gasteiger partial charge on any atom is -0.361 e. The zero-order valence-electron chi connectivity index (χ0n) is 14.0. The zero-order valence-corrected chi connectivity index (χ0v) is 14.0. The Morgan fingerprint density at radius 2 is 1.88 bits per heavy atom. The van der Waals surface area contributed by atoms with E-state index < -0.39 is 11.9 Å². The zero-order chi connectivity index (χ0) is 18.1. The van der Waals surface area contributed by atoms with Crippen molar-refractivity contribution in [3.8, 4) is 0 Å². The molecule has 0 spiro atoms. The molecule has 2 aromatic carbocycles. The van der Waals surface area contributed by atoms with E-state index in [1.165, 1.54) is 29.8 Å². The summed E-state index contributed by atoms with van der Waals surface area (Å²) in [5.74, 6) is -0.965. The van der Waals surface area contributed by atoms with Gasteiger partial charge in [0.1, 0.15) is 5.82 Å². The number of H-pyrrole nitrogens is 1. The summed E-state index contributed by atoms with van der Waals surface area (Å²) in [5, 5.41) is 4.34. The number of nitrogens with one attached hydrogen (secondary N) is 2. The number of amides is 2. The van der Waals surface area contributed by atoms with Crippen molar-refractivity contribution in [1.82, 2.24) is 10.3 Å². The first kappa shape index (κ1) is 16.5. The third kappa shape index (κ3) is 2.99. The van der Waals surface area contributed by atoms with Crippen LogP contribution in [0.2, 0.25) is 0 Å². The van der Waals surface area contributed by atoms with Crippen molar-refractivity contribution in [3.63, 3.8) is 0 Å². The van der Waals surface area contributed by atoms with Crippen molar-refractivity contribution >= 4 is 28.4 Å².